The SMILES string of the molecule is CN1C(c2ccccc2)=CC(c2cccc(-c3ccccc3)c2)=NC1c1ccccc1-c1cccc(-c2ccc3c4ccccc4c4ccccc4c3c2)c1. The maximum Gasteiger partial charge on any atom is 0.148 e. The van der Waals surface area contributed by atoms with Crippen LogP contribution in [0.4, 0.5) is 0 Å². The van der Waals surface area contributed by atoms with E-state index in [1.54, 1.807) is 0 Å². The Morgan fingerprint density at radius 2 is 0.836 bits per heavy atom. The zero-order chi connectivity index (χ0) is 36.7. The van der Waals surface area contributed by atoms with Gasteiger partial charge >= 0.3 is 0 Å². The summed E-state index contributed by atoms with van der Waals surface area (Å²) in [7, 11) is 2.17. The Bertz CT molecular complexity index is 2900. The molecule has 9 aromatic carbocycles. The van der Waals surface area contributed by atoms with E-state index in [-0.39, 0.29) is 6.17 Å². The van der Waals surface area contributed by atoms with Crippen LogP contribution < -0.4 is 0 Å². The number of fused-ring (bicyclic) bond motifs is 6. The van der Waals surface area contributed by atoms with E-state index in [1.807, 2.05) is 0 Å². The van der Waals surface area contributed by atoms with Crippen molar-refractivity contribution in [3.8, 4) is 33.4 Å². The average molecular weight is 703 g/mol. The summed E-state index contributed by atoms with van der Waals surface area (Å²) in [6, 6.07) is 72.3. The van der Waals surface area contributed by atoms with Crippen LogP contribution in [0.3, 0.4) is 0 Å². The molecule has 0 fully saturated rings. The van der Waals surface area contributed by atoms with Gasteiger partial charge in [-0.3, -0.25) is 4.99 Å². The van der Waals surface area contributed by atoms with E-state index in [4.69, 9.17) is 4.99 Å². The highest BCUT2D eigenvalue weighted by atomic mass is 15.2. The fourth-order valence-corrected chi connectivity index (χ4v) is 8.38. The van der Waals surface area contributed by atoms with E-state index in [9.17, 15) is 0 Å². The first-order chi connectivity index (χ1) is 27.2. The van der Waals surface area contributed by atoms with Gasteiger partial charge in [0.05, 0.1) is 5.71 Å². The minimum atomic E-state index is -0.240. The lowest BCUT2D eigenvalue weighted by molar-refractivity contribution is 0.365. The third-order valence-electron chi connectivity index (χ3n) is 11.1. The molecule has 0 spiro atoms. The minimum absolute atomic E-state index is 0.240. The summed E-state index contributed by atoms with van der Waals surface area (Å²) in [4.78, 5) is 7.86. The van der Waals surface area contributed by atoms with Gasteiger partial charge in [0.25, 0.3) is 0 Å². The Morgan fingerprint density at radius 1 is 0.364 bits per heavy atom. The molecule has 0 aliphatic carbocycles. The Morgan fingerprint density at radius 3 is 1.53 bits per heavy atom. The summed E-state index contributed by atoms with van der Waals surface area (Å²) in [5.74, 6) is 0. The topological polar surface area (TPSA) is 15.6 Å². The summed E-state index contributed by atoms with van der Waals surface area (Å²) in [5.41, 5.74) is 12.7. The number of allylic oxidation sites excluding steroid dienone is 1. The molecule has 0 bridgehead atoms. The van der Waals surface area contributed by atoms with Crippen LogP contribution in [0.1, 0.15) is 22.9 Å². The average Bonchev–Trinajstić information content (AvgIpc) is 3.27. The smallest absolute Gasteiger partial charge is 0.148 e. The zero-order valence-electron chi connectivity index (χ0n) is 30.6. The number of rotatable bonds is 6. The Kier molecular flexibility index (Phi) is 8.15. The molecule has 260 valence electrons. The molecular weight excluding hydrogens is 665 g/mol. The fourth-order valence-electron chi connectivity index (χ4n) is 8.38. The van der Waals surface area contributed by atoms with Crippen molar-refractivity contribution >= 4 is 43.7 Å². The Hall–Kier alpha value is -7.03. The van der Waals surface area contributed by atoms with Crippen molar-refractivity contribution in [2.24, 2.45) is 4.99 Å². The van der Waals surface area contributed by atoms with Crippen LogP contribution >= 0.6 is 0 Å². The maximum absolute atomic E-state index is 5.53. The van der Waals surface area contributed by atoms with Gasteiger partial charge in [0.1, 0.15) is 6.17 Å². The largest absolute Gasteiger partial charge is 0.349 e. The molecule has 10 rings (SSSR count). The molecule has 0 saturated heterocycles. The van der Waals surface area contributed by atoms with Gasteiger partial charge in [0, 0.05) is 23.9 Å². The summed E-state index contributed by atoms with van der Waals surface area (Å²) in [6.45, 7) is 0. The minimum Gasteiger partial charge on any atom is -0.349 e. The van der Waals surface area contributed by atoms with Crippen molar-refractivity contribution in [1.82, 2.24) is 4.90 Å². The lowest BCUT2D eigenvalue weighted by Crippen LogP contribution is -2.27. The van der Waals surface area contributed by atoms with Crippen LogP contribution in [-0.4, -0.2) is 17.7 Å². The predicted octanol–water partition coefficient (Wildman–Crippen LogP) is 13.6. The molecule has 1 unspecified atom stereocenters. The second-order valence-electron chi connectivity index (χ2n) is 14.4. The molecule has 55 heavy (non-hydrogen) atoms. The second-order valence-corrected chi connectivity index (χ2v) is 14.4. The normalized spacial score (nSPS) is 14.3. The summed E-state index contributed by atoms with van der Waals surface area (Å²) >= 11 is 0. The maximum atomic E-state index is 5.53. The van der Waals surface area contributed by atoms with E-state index in [0.717, 1.165) is 28.1 Å². The molecule has 1 aliphatic rings. The highest BCUT2D eigenvalue weighted by Gasteiger charge is 2.27. The van der Waals surface area contributed by atoms with E-state index in [0.29, 0.717) is 0 Å². The van der Waals surface area contributed by atoms with Crippen LogP contribution in [0.25, 0.3) is 71.4 Å². The molecule has 1 heterocycles. The van der Waals surface area contributed by atoms with E-state index >= 15 is 0 Å². The van der Waals surface area contributed by atoms with Crippen molar-refractivity contribution in [2.75, 3.05) is 7.05 Å². The van der Waals surface area contributed by atoms with Crippen LogP contribution in [0.15, 0.2) is 211 Å². The Balaban J connectivity index is 1.09. The van der Waals surface area contributed by atoms with Crippen molar-refractivity contribution in [3.63, 3.8) is 0 Å². The molecule has 0 radical (unpaired) electrons. The lowest BCUT2D eigenvalue weighted by Gasteiger charge is -2.35. The van der Waals surface area contributed by atoms with E-state index in [1.165, 1.54) is 65.7 Å². The van der Waals surface area contributed by atoms with Crippen molar-refractivity contribution in [3.05, 3.63) is 223 Å². The van der Waals surface area contributed by atoms with Gasteiger partial charge in [-0.25, -0.2) is 0 Å². The number of aliphatic imine (C=N–C) groups is 1. The summed E-state index contributed by atoms with van der Waals surface area (Å²) in [5, 5.41) is 7.72. The predicted molar refractivity (Wildman–Crippen MR) is 233 cm³/mol. The van der Waals surface area contributed by atoms with Gasteiger partial charge in [-0.1, -0.05) is 182 Å². The standard InChI is InChI=1S/C53H38N2/c1-55-52(37-18-6-3-7-19-37)35-51(42-23-15-20-38(33-42)36-16-4-2-5-17-36)54-53(55)49-29-13-8-24-43(49)41-22-14-21-39(32-41)40-30-31-48-46-27-10-9-25-44(46)45-26-11-12-28-47(45)50(48)34-40/h2-35,53H,1H3. The molecule has 1 aliphatic heterocycles. The first-order valence-electron chi connectivity index (χ1n) is 19.0. The molecule has 9 aromatic rings. The third-order valence-corrected chi connectivity index (χ3v) is 11.1. The van der Waals surface area contributed by atoms with Gasteiger partial charge in [-0.2, -0.15) is 0 Å². The van der Waals surface area contributed by atoms with Crippen molar-refractivity contribution in [1.29, 1.82) is 0 Å². The van der Waals surface area contributed by atoms with Gasteiger partial charge in [0.15, 0.2) is 0 Å². The monoisotopic (exact) mass is 702 g/mol. The van der Waals surface area contributed by atoms with Gasteiger partial charge in [-0.15, -0.1) is 0 Å². The number of benzene rings is 9. The summed E-state index contributed by atoms with van der Waals surface area (Å²) < 4.78 is 0. The Labute approximate surface area is 322 Å². The number of hydrogen-bond acceptors (Lipinski definition) is 2. The fraction of sp³-hybridized carbons (Fsp3) is 0.0377. The van der Waals surface area contributed by atoms with Crippen LogP contribution in [0.2, 0.25) is 0 Å². The van der Waals surface area contributed by atoms with Gasteiger partial charge < -0.3 is 4.90 Å². The van der Waals surface area contributed by atoms with Crippen molar-refractivity contribution in [2.45, 2.75) is 6.17 Å². The molecule has 2 nitrogen and oxygen atoms in total. The molecule has 2 heteroatoms. The summed E-state index contributed by atoms with van der Waals surface area (Å²) in [6.07, 6.45) is 2.00. The van der Waals surface area contributed by atoms with Crippen molar-refractivity contribution < 1.29 is 0 Å². The van der Waals surface area contributed by atoms with Gasteiger partial charge in [-0.05, 0) is 95.5 Å². The second kappa shape index (κ2) is 13.7. The third kappa shape index (κ3) is 5.89. The highest BCUT2D eigenvalue weighted by molar-refractivity contribution is 6.25. The number of hydrogen-bond donors (Lipinski definition) is 0. The first-order valence-corrected chi connectivity index (χ1v) is 19.0. The number of nitrogens with zero attached hydrogens (tertiary/aromatic N) is 2. The molecule has 0 amide bonds. The van der Waals surface area contributed by atoms with Gasteiger partial charge in [0.2, 0.25) is 0 Å². The van der Waals surface area contributed by atoms with E-state index < -0.39 is 0 Å². The van der Waals surface area contributed by atoms with Crippen LogP contribution in [0, 0.1) is 0 Å². The molecule has 0 N–H and O–H groups in total. The van der Waals surface area contributed by atoms with Crippen LogP contribution in [-0.2, 0) is 0 Å². The molecule has 0 saturated carbocycles. The molecule has 1 atom stereocenters. The van der Waals surface area contributed by atoms with E-state index in [2.05, 4.69) is 218 Å². The quantitative estimate of drug-likeness (QED) is 0.158. The zero-order valence-corrected chi connectivity index (χ0v) is 30.6. The molecular formula is C53H38N2. The molecule has 0 aromatic heterocycles. The van der Waals surface area contributed by atoms with Crippen LogP contribution in [0.5, 0.6) is 0 Å². The first kappa shape index (κ1) is 32.6. The lowest BCUT2D eigenvalue weighted by atomic mass is 9.90. The highest BCUT2D eigenvalue weighted by Crippen LogP contribution is 2.41.